The van der Waals surface area contributed by atoms with Crippen LogP contribution in [-0.2, 0) is 14.8 Å². The Balaban J connectivity index is 2.78. The summed E-state index contributed by atoms with van der Waals surface area (Å²) in [4.78, 5) is 10.5. The number of aliphatic carboxylic acids is 1. The van der Waals surface area contributed by atoms with Crippen molar-refractivity contribution in [3.63, 3.8) is 0 Å². The number of aliphatic hydroxyl groups is 1. The number of likely N-dealkylation sites (N-methyl/N-ethyl adjacent to an activating group) is 1. The van der Waals surface area contributed by atoms with Gasteiger partial charge in [-0.15, -0.1) is 0 Å². The smallest absolute Gasteiger partial charge is 0.306 e. The van der Waals surface area contributed by atoms with Gasteiger partial charge in [-0.1, -0.05) is 6.92 Å². The summed E-state index contributed by atoms with van der Waals surface area (Å²) in [7, 11) is -3.64. The minimum atomic E-state index is -3.64. The van der Waals surface area contributed by atoms with E-state index in [0.29, 0.717) is 5.75 Å². The lowest BCUT2D eigenvalue weighted by Crippen LogP contribution is -2.33. The predicted octanol–water partition coefficient (Wildman–Crippen LogP) is 0.543. The Kier molecular flexibility index (Phi) is 6.60. The van der Waals surface area contributed by atoms with Gasteiger partial charge in [-0.3, -0.25) is 4.79 Å². The molecule has 0 saturated carbocycles. The van der Waals surface area contributed by atoms with E-state index in [1.54, 1.807) is 6.92 Å². The second-order valence-corrected chi connectivity index (χ2v) is 6.12. The standard InChI is InChI=1S/C13H19NO6S/c1-2-14(8-9-15)21(18,19)12-5-3-11(4-6-12)20-10-7-13(16)17/h3-6,15H,2,7-10H2,1H3,(H,16,17). The molecular weight excluding hydrogens is 298 g/mol. The fourth-order valence-electron chi connectivity index (χ4n) is 1.67. The largest absolute Gasteiger partial charge is 0.493 e. The van der Waals surface area contributed by atoms with Crippen LogP contribution >= 0.6 is 0 Å². The molecule has 21 heavy (non-hydrogen) atoms. The molecule has 0 saturated heterocycles. The molecule has 0 unspecified atom stereocenters. The summed E-state index contributed by atoms with van der Waals surface area (Å²) in [6, 6.07) is 5.74. The number of sulfonamides is 1. The highest BCUT2D eigenvalue weighted by Crippen LogP contribution is 2.19. The molecule has 0 atom stereocenters. The van der Waals surface area contributed by atoms with Crippen LogP contribution in [0.2, 0.25) is 0 Å². The first-order chi connectivity index (χ1) is 9.91. The lowest BCUT2D eigenvalue weighted by atomic mass is 10.3. The summed E-state index contributed by atoms with van der Waals surface area (Å²) < 4.78 is 30.9. The van der Waals surface area contributed by atoms with Crippen LogP contribution in [0.3, 0.4) is 0 Å². The average Bonchev–Trinajstić information content (AvgIpc) is 2.44. The zero-order valence-corrected chi connectivity index (χ0v) is 12.5. The molecule has 0 spiro atoms. The maximum absolute atomic E-state index is 12.3. The van der Waals surface area contributed by atoms with Crippen LogP contribution in [0.5, 0.6) is 5.75 Å². The first kappa shape index (κ1) is 17.4. The van der Waals surface area contributed by atoms with Crippen LogP contribution in [-0.4, -0.2) is 55.2 Å². The van der Waals surface area contributed by atoms with Crippen molar-refractivity contribution in [3.05, 3.63) is 24.3 Å². The van der Waals surface area contributed by atoms with Crippen LogP contribution in [0.1, 0.15) is 13.3 Å². The van der Waals surface area contributed by atoms with Crippen LogP contribution in [0.15, 0.2) is 29.2 Å². The van der Waals surface area contributed by atoms with Crippen molar-refractivity contribution >= 4 is 16.0 Å². The van der Waals surface area contributed by atoms with Crippen molar-refractivity contribution in [2.75, 3.05) is 26.3 Å². The number of rotatable bonds is 9. The van der Waals surface area contributed by atoms with Gasteiger partial charge in [0.1, 0.15) is 5.75 Å². The fraction of sp³-hybridized carbons (Fsp3) is 0.462. The number of hydrogen-bond acceptors (Lipinski definition) is 5. The predicted molar refractivity (Wildman–Crippen MR) is 75.7 cm³/mol. The third-order valence-corrected chi connectivity index (χ3v) is 4.74. The molecule has 0 radical (unpaired) electrons. The van der Waals surface area contributed by atoms with Gasteiger partial charge in [-0.2, -0.15) is 4.31 Å². The van der Waals surface area contributed by atoms with Gasteiger partial charge in [0.2, 0.25) is 10.0 Å². The third kappa shape index (κ3) is 5.00. The minimum Gasteiger partial charge on any atom is -0.493 e. The molecule has 118 valence electrons. The van der Waals surface area contributed by atoms with E-state index in [1.807, 2.05) is 0 Å². The molecule has 0 aliphatic heterocycles. The highest BCUT2D eigenvalue weighted by atomic mass is 32.2. The molecule has 1 aromatic carbocycles. The second-order valence-electron chi connectivity index (χ2n) is 4.18. The van der Waals surface area contributed by atoms with E-state index in [9.17, 15) is 13.2 Å². The molecule has 0 bridgehead atoms. The number of carbonyl (C=O) groups is 1. The summed E-state index contributed by atoms with van der Waals surface area (Å²) in [5, 5.41) is 17.4. The Hall–Kier alpha value is -1.64. The van der Waals surface area contributed by atoms with Crippen LogP contribution in [0.25, 0.3) is 0 Å². The number of nitrogens with zero attached hydrogens (tertiary/aromatic N) is 1. The summed E-state index contributed by atoms with van der Waals surface area (Å²) in [6.07, 6.45) is -0.125. The molecule has 2 N–H and O–H groups in total. The van der Waals surface area contributed by atoms with Gasteiger partial charge < -0.3 is 14.9 Å². The van der Waals surface area contributed by atoms with Crippen molar-refractivity contribution in [1.82, 2.24) is 4.31 Å². The van der Waals surface area contributed by atoms with E-state index in [2.05, 4.69) is 0 Å². The number of carboxylic acid groups (broad SMARTS) is 1. The maximum Gasteiger partial charge on any atom is 0.306 e. The minimum absolute atomic E-state index is 0.0209. The van der Waals surface area contributed by atoms with Crippen molar-refractivity contribution < 1.29 is 28.2 Å². The van der Waals surface area contributed by atoms with E-state index in [1.165, 1.54) is 28.6 Å². The summed E-state index contributed by atoms with van der Waals surface area (Å²) in [6.45, 7) is 1.77. The van der Waals surface area contributed by atoms with Crippen molar-refractivity contribution in [1.29, 1.82) is 0 Å². The van der Waals surface area contributed by atoms with Crippen LogP contribution < -0.4 is 4.74 Å². The third-order valence-electron chi connectivity index (χ3n) is 2.75. The van der Waals surface area contributed by atoms with Crippen molar-refractivity contribution in [2.24, 2.45) is 0 Å². The zero-order valence-electron chi connectivity index (χ0n) is 11.7. The summed E-state index contributed by atoms with van der Waals surface area (Å²) >= 11 is 0. The highest BCUT2D eigenvalue weighted by Gasteiger charge is 2.22. The van der Waals surface area contributed by atoms with Crippen molar-refractivity contribution in [2.45, 2.75) is 18.2 Å². The highest BCUT2D eigenvalue weighted by molar-refractivity contribution is 7.89. The van der Waals surface area contributed by atoms with Crippen molar-refractivity contribution in [3.8, 4) is 5.75 Å². The Morgan fingerprint density at radius 3 is 2.38 bits per heavy atom. The Bertz CT molecular complexity index is 555. The number of aliphatic hydroxyl groups excluding tert-OH is 1. The molecule has 0 aliphatic carbocycles. The molecule has 1 rings (SSSR count). The Labute approximate surface area is 123 Å². The van der Waals surface area contributed by atoms with E-state index in [4.69, 9.17) is 14.9 Å². The van der Waals surface area contributed by atoms with Gasteiger partial charge >= 0.3 is 5.97 Å². The molecule has 8 heteroatoms. The van der Waals surface area contributed by atoms with Crippen LogP contribution in [0.4, 0.5) is 0 Å². The van der Waals surface area contributed by atoms with E-state index >= 15 is 0 Å². The van der Waals surface area contributed by atoms with Gasteiger partial charge in [0.15, 0.2) is 0 Å². The monoisotopic (exact) mass is 317 g/mol. The zero-order chi connectivity index (χ0) is 15.9. The molecule has 0 aliphatic rings. The van der Waals surface area contributed by atoms with E-state index < -0.39 is 16.0 Å². The first-order valence-electron chi connectivity index (χ1n) is 6.47. The normalized spacial score (nSPS) is 11.6. The van der Waals surface area contributed by atoms with Gasteiger partial charge in [0.05, 0.1) is 24.5 Å². The average molecular weight is 317 g/mol. The molecule has 1 aromatic rings. The summed E-state index contributed by atoms with van der Waals surface area (Å²) in [5.41, 5.74) is 0. The maximum atomic E-state index is 12.3. The van der Waals surface area contributed by atoms with E-state index in [-0.39, 0.29) is 37.6 Å². The quantitative estimate of drug-likeness (QED) is 0.689. The number of benzene rings is 1. The number of ether oxygens (including phenoxy) is 1. The summed E-state index contributed by atoms with van der Waals surface area (Å²) in [5.74, 6) is -0.558. The van der Waals surface area contributed by atoms with Gasteiger partial charge in [0.25, 0.3) is 0 Å². The lowest BCUT2D eigenvalue weighted by Gasteiger charge is -2.19. The SMILES string of the molecule is CCN(CCO)S(=O)(=O)c1ccc(OCCC(=O)O)cc1. The Morgan fingerprint density at radius 1 is 1.29 bits per heavy atom. The molecule has 7 nitrogen and oxygen atoms in total. The molecule has 0 aromatic heterocycles. The number of hydrogen-bond donors (Lipinski definition) is 2. The molecule has 0 heterocycles. The fourth-order valence-corrected chi connectivity index (χ4v) is 3.11. The molecular formula is C13H19NO6S. The topological polar surface area (TPSA) is 104 Å². The Morgan fingerprint density at radius 2 is 1.90 bits per heavy atom. The molecule has 0 amide bonds. The number of carboxylic acids is 1. The van der Waals surface area contributed by atoms with Gasteiger partial charge in [-0.05, 0) is 24.3 Å². The first-order valence-corrected chi connectivity index (χ1v) is 7.91. The lowest BCUT2D eigenvalue weighted by molar-refractivity contribution is -0.137. The van der Waals surface area contributed by atoms with Gasteiger partial charge in [-0.25, -0.2) is 8.42 Å². The second kappa shape index (κ2) is 7.96. The van der Waals surface area contributed by atoms with E-state index in [0.717, 1.165) is 0 Å². The molecule has 0 fully saturated rings. The van der Waals surface area contributed by atoms with Gasteiger partial charge in [0, 0.05) is 13.1 Å². The van der Waals surface area contributed by atoms with Crippen LogP contribution in [0, 0.1) is 0 Å².